The van der Waals surface area contributed by atoms with Crippen LogP contribution in [0, 0.1) is 5.92 Å². The second-order valence-corrected chi connectivity index (χ2v) is 7.08. The molecule has 0 saturated carbocycles. The molecule has 1 saturated heterocycles. The van der Waals surface area contributed by atoms with Gasteiger partial charge in [0.1, 0.15) is 0 Å². The smallest absolute Gasteiger partial charge is 0.281 e. The summed E-state index contributed by atoms with van der Waals surface area (Å²) < 4.78 is 27.3. The summed E-state index contributed by atoms with van der Waals surface area (Å²) in [6.45, 7) is 7.39. The van der Waals surface area contributed by atoms with Gasteiger partial charge in [-0.1, -0.05) is 13.8 Å². The number of hydrogen-bond acceptors (Lipinski definition) is 3. The quantitative estimate of drug-likeness (QED) is 0.772. The van der Waals surface area contributed by atoms with Crippen molar-refractivity contribution in [2.24, 2.45) is 5.92 Å². The van der Waals surface area contributed by atoms with E-state index in [2.05, 4.69) is 19.2 Å². The first-order valence-corrected chi connectivity index (χ1v) is 7.09. The lowest BCUT2D eigenvalue weighted by molar-refractivity contribution is 0.181. The molecule has 6 heteroatoms. The minimum Gasteiger partial charge on any atom is -0.311 e. The fourth-order valence-corrected chi connectivity index (χ4v) is 3.43. The van der Waals surface area contributed by atoms with Crippen molar-refractivity contribution in [3.8, 4) is 0 Å². The van der Waals surface area contributed by atoms with Crippen molar-refractivity contribution in [1.29, 1.82) is 0 Å². The maximum absolute atomic E-state index is 12.2. The second-order valence-electron chi connectivity index (χ2n) is 4.98. The predicted molar refractivity (Wildman–Crippen MR) is 65.4 cm³/mol. The summed E-state index contributed by atoms with van der Waals surface area (Å²) >= 11 is 0. The molecule has 1 rings (SSSR count). The summed E-state index contributed by atoms with van der Waals surface area (Å²) in [4.78, 5) is 0. The van der Waals surface area contributed by atoms with Gasteiger partial charge in [-0.25, -0.2) is 0 Å². The zero-order valence-corrected chi connectivity index (χ0v) is 11.6. The van der Waals surface area contributed by atoms with Gasteiger partial charge in [-0.2, -0.15) is 17.0 Å². The molecule has 2 unspecified atom stereocenters. The van der Waals surface area contributed by atoms with Crippen LogP contribution in [0.5, 0.6) is 0 Å². The van der Waals surface area contributed by atoms with E-state index in [1.807, 2.05) is 6.92 Å². The topological polar surface area (TPSA) is 52.7 Å². The first-order valence-electron chi connectivity index (χ1n) is 5.69. The lowest BCUT2D eigenvalue weighted by Crippen LogP contribution is -2.60. The second kappa shape index (κ2) is 5.00. The van der Waals surface area contributed by atoms with Crippen LogP contribution in [0.25, 0.3) is 0 Å². The molecule has 5 nitrogen and oxygen atoms in total. The summed E-state index contributed by atoms with van der Waals surface area (Å²) in [7, 11) is -0.135. The molecule has 0 radical (unpaired) electrons. The van der Waals surface area contributed by atoms with Crippen molar-refractivity contribution < 1.29 is 8.42 Å². The third-order valence-corrected chi connectivity index (χ3v) is 4.96. The Morgan fingerprint density at radius 1 is 1.38 bits per heavy atom. The SMILES string of the molecule is CC1CN(S(=O)(=O)N(C)C)C(C(C)C)CN1. The van der Waals surface area contributed by atoms with Crippen molar-refractivity contribution >= 4 is 10.2 Å². The van der Waals surface area contributed by atoms with Gasteiger partial charge in [-0.05, 0) is 12.8 Å². The Morgan fingerprint density at radius 3 is 2.38 bits per heavy atom. The first kappa shape index (κ1) is 13.9. The Bertz CT molecular complexity index is 327. The van der Waals surface area contributed by atoms with Crippen molar-refractivity contribution in [3.63, 3.8) is 0 Å². The molecule has 1 fully saturated rings. The van der Waals surface area contributed by atoms with Gasteiger partial charge in [0.2, 0.25) is 0 Å². The average Bonchev–Trinajstić information content (AvgIpc) is 2.16. The minimum atomic E-state index is -3.30. The predicted octanol–water partition coefficient (Wildman–Crippen LogP) is 0.111. The third-order valence-electron chi connectivity index (χ3n) is 3.03. The molecule has 96 valence electrons. The molecule has 2 atom stereocenters. The van der Waals surface area contributed by atoms with Crippen LogP contribution in [0.15, 0.2) is 0 Å². The van der Waals surface area contributed by atoms with Crippen molar-refractivity contribution in [2.75, 3.05) is 27.2 Å². The van der Waals surface area contributed by atoms with E-state index in [1.54, 1.807) is 18.4 Å². The average molecular weight is 249 g/mol. The lowest BCUT2D eigenvalue weighted by Gasteiger charge is -2.41. The van der Waals surface area contributed by atoms with Gasteiger partial charge < -0.3 is 5.32 Å². The summed E-state index contributed by atoms with van der Waals surface area (Å²) in [5, 5.41) is 3.33. The highest BCUT2D eigenvalue weighted by Crippen LogP contribution is 2.20. The zero-order valence-electron chi connectivity index (χ0n) is 10.8. The minimum absolute atomic E-state index is 0.0450. The van der Waals surface area contributed by atoms with Crippen LogP contribution < -0.4 is 5.32 Å². The molecule has 0 spiro atoms. The Hall–Kier alpha value is -0.170. The molecule has 0 aliphatic carbocycles. The molecular weight excluding hydrogens is 226 g/mol. The normalized spacial score (nSPS) is 28.9. The zero-order chi connectivity index (χ0) is 12.5. The van der Waals surface area contributed by atoms with E-state index in [9.17, 15) is 8.42 Å². The Morgan fingerprint density at radius 2 is 1.94 bits per heavy atom. The van der Waals surface area contributed by atoms with E-state index >= 15 is 0 Å². The van der Waals surface area contributed by atoms with Crippen LogP contribution >= 0.6 is 0 Å². The van der Waals surface area contributed by atoms with E-state index in [0.717, 1.165) is 6.54 Å². The van der Waals surface area contributed by atoms with Crippen LogP contribution in [-0.2, 0) is 10.2 Å². The van der Waals surface area contributed by atoms with E-state index in [0.29, 0.717) is 12.5 Å². The largest absolute Gasteiger partial charge is 0.311 e. The highest BCUT2D eigenvalue weighted by atomic mass is 32.2. The van der Waals surface area contributed by atoms with Gasteiger partial charge in [0.05, 0.1) is 0 Å². The van der Waals surface area contributed by atoms with Gasteiger partial charge in [0, 0.05) is 39.3 Å². The number of hydrogen-bond donors (Lipinski definition) is 1. The van der Waals surface area contributed by atoms with Gasteiger partial charge in [-0.15, -0.1) is 0 Å². The molecule has 0 aromatic heterocycles. The van der Waals surface area contributed by atoms with E-state index in [-0.39, 0.29) is 12.1 Å². The summed E-state index contributed by atoms with van der Waals surface area (Å²) in [5.74, 6) is 0.315. The van der Waals surface area contributed by atoms with Crippen LogP contribution in [0.1, 0.15) is 20.8 Å². The highest BCUT2D eigenvalue weighted by molar-refractivity contribution is 7.86. The Balaban J connectivity index is 2.96. The molecule has 0 aromatic carbocycles. The first-order chi connectivity index (χ1) is 7.26. The lowest BCUT2D eigenvalue weighted by atomic mass is 10.0. The van der Waals surface area contributed by atoms with Crippen LogP contribution in [0.3, 0.4) is 0 Å². The molecule has 1 heterocycles. The Kier molecular flexibility index (Phi) is 4.34. The molecular formula is C10H23N3O2S. The number of rotatable bonds is 3. The fraction of sp³-hybridized carbons (Fsp3) is 1.00. The molecule has 16 heavy (non-hydrogen) atoms. The number of nitrogens with zero attached hydrogens (tertiary/aromatic N) is 2. The van der Waals surface area contributed by atoms with Gasteiger partial charge in [0.15, 0.2) is 0 Å². The monoisotopic (exact) mass is 249 g/mol. The van der Waals surface area contributed by atoms with Crippen molar-refractivity contribution in [2.45, 2.75) is 32.9 Å². The number of nitrogens with one attached hydrogen (secondary N) is 1. The van der Waals surface area contributed by atoms with Crippen LogP contribution in [0.4, 0.5) is 0 Å². The van der Waals surface area contributed by atoms with Crippen molar-refractivity contribution in [3.05, 3.63) is 0 Å². The molecule has 1 N–H and O–H groups in total. The maximum atomic E-state index is 12.2. The number of piperazine rings is 1. The van der Waals surface area contributed by atoms with E-state index < -0.39 is 10.2 Å². The molecule has 0 aromatic rings. The summed E-state index contributed by atoms with van der Waals surface area (Å²) in [6.07, 6.45) is 0. The standard InChI is InChI=1S/C10H23N3O2S/c1-8(2)10-6-11-9(3)7-13(10)16(14,15)12(4)5/h8-11H,6-7H2,1-5H3. The third kappa shape index (κ3) is 2.74. The van der Waals surface area contributed by atoms with Gasteiger partial charge >= 0.3 is 0 Å². The Labute approximate surface area is 99.0 Å². The van der Waals surface area contributed by atoms with Crippen LogP contribution in [-0.4, -0.2) is 56.3 Å². The molecule has 1 aliphatic heterocycles. The van der Waals surface area contributed by atoms with E-state index in [1.165, 1.54) is 4.31 Å². The molecule has 0 amide bonds. The van der Waals surface area contributed by atoms with Crippen LogP contribution in [0.2, 0.25) is 0 Å². The maximum Gasteiger partial charge on any atom is 0.281 e. The fourth-order valence-electron chi connectivity index (χ4n) is 1.94. The summed E-state index contributed by atoms with van der Waals surface area (Å²) in [5.41, 5.74) is 0. The highest BCUT2D eigenvalue weighted by Gasteiger charge is 2.37. The van der Waals surface area contributed by atoms with Gasteiger partial charge in [-0.3, -0.25) is 0 Å². The summed E-state index contributed by atoms with van der Waals surface area (Å²) in [6, 6.07) is 0.258. The molecule has 0 bridgehead atoms. The molecule has 1 aliphatic rings. The van der Waals surface area contributed by atoms with Gasteiger partial charge in [0.25, 0.3) is 10.2 Å². The van der Waals surface area contributed by atoms with E-state index in [4.69, 9.17) is 0 Å². The van der Waals surface area contributed by atoms with Crippen molar-refractivity contribution in [1.82, 2.24) is 13.9 Å².